The molecule has 5 rings (SSSR count). The highest BCUT2D eigenvalue weighted by atomic mass is 19.1. The molecule has 0 bridgehead atoms. The molecule has 2 heterocycles. The Hall–Kier alpha value is -2.53. The number of nitrogens with zero attached hydrogens (tertiary/aromatic N) is 1. The minimum absolute atomic E-state index is 0.0628. The van der Waals surface area contributed by atoms with Gasteiger partial charge >= 0.3 is 0 Å². The average molecular weight is 463 g/mol. The largest absolute Gasteiger partial charge is 0.380 e. The predicted octanol–water partition coefficient (Wildman–Crippen LogP) is 5.67. The van der Waals surface area contributed by atoms with E-state index in [0.29, 0.717) is 11.3 Å². The Bertz CT molecular complexity index is 1010. The number of piperidine rings is 1. The number of benzene rings is 2. The predicted molar refractivity (Wildman–Crippen MR) is 133 cm³/mol. The Kier molecular flexibility index (Phi) is 7.10. The summed E-state index contributed by atoms with van der Waals surface area (Å²) in [5.74, 6) is 0.278. The second-order valence-corrected chi connectivity index (χ2v) is 10.3. The number of likely N-dealkylation sites (tertiary alicyclic amines) is 1. The summed E-state index contributed by atoms with van der Waals surface area (Å²) in [5.41, 5.74) is 3.06. The van der Waals surface area contributed by atoms with E-state index >= 15 is 0 Å². The lowest BCUT2D eigenvalue weighted by atomic mass is 9.79. The van der Waals surface area contributed by atoms with Gasteiger partial charge in [-0.05, 0) is 87.5 Å². The smallest absolute Gasteiger partial charge is 0.166 e. The van der Waals surface area contributed by atoms with Crippen molar-refractivity contribution in [3.8, 4) is 0 Å². The fraction of sp³-hybridized carbons (Fsp3) is 0.517. The summed E-state index contributed by atoms with van der Waals surface area (Å²) in [6, 6.07) is 14.3. The molecule has 0 radical (unpaired) electrons. The van der Waals surface area contributed by atoms with Crippen molar-refractivity contribution in [2.45, 2.75) is 69.9 Å². The summed E-state index contributed by atoms with van der Waals surface area (Å²) in [5, 5.41) is 3.71. The van der Waals surface area contributed by atoms with E-state index in [1.165, 1.54) is 24.1 Å². The van der Waals surface area contributed by atoms with Crippen molar-refractivity contribution in [1.82, 2.24) is 4.90 Å². The number of rotatable bonds is 6. The topological polar surface area (TPSA) is 49.4 Å². The van der Waals surface area contributed by atoms with Crippen molar-refractivity contribution >= 4 is 17.3 Å². The Morgan fingerprint density at radius 2 is 1.56 bits per heavy atom. The molecule has 34 heavy (non-hydrogen) atoms. The summed E-state index contributed by atoms with van der Waals surface area (Å²) in [6.07, 6.45) is 8.99. The van der Waals surface area contributed by atoms with Gasteiger partial charge in [-0.2, -0.15) is 0 Å². The Balaban J connectivity index is 1.31. The van der Waals surface area contributed by atoms with Crippen molar-refractivity contribution in [3.63, 3.8) is 0 Å². The van der Waals surface area contributed by atoms with Gasteiger partial charge in [0.2, 0.25) is 0 Å². The van der Waals surface area contributed by atoms with E-state index in [1.54, 1.807) is 12.1 Å². The van der Waals surface area contributed by atoms with Gasteiger partial charge in [0.05, 0.1) is 6.04 Å². The van der Waals surface area contributed by atoms with Gasteiger partial charge in [0.25, 0.3) is 0 Å². The summed E-state index contributed by atoms with van der Waals surface area (Å²) in [6.45, 7) is 1.50. The van der Waals surface area contributed by atoms with Gasteiger partial charge in [-0.25, -0.2) is 4.39 Å². The Labute approximate surface area is 201 Å². The van der Waals surface area contributed by atoms with Crippen LogP contribution in [0.2, 0.25) is 0 Å². The van der Waals surface area contributed by atoms with Gasteiger partial charge in [0, 0.05) is 29.1 Å². The third kappa shape index (κ3) is 4.95. The maximum Gasteiger partial charge on any atom is 0.166 e. The van der Waals surface area contributed by atoms with Crippen LogP contribution in [0.1, 0.15) is 67.3 Å². The highest BCUT2D eigenvalue weighted by molar-refractivity contribution is 5.98. The minimum Gasteiger partial charge on any atom is -0.380 e. The molecule has 4 nitrogen and oxygen atoms in total. The SMILES string of the molecule is O=C(c1ccc(F)cc1)C1CCN(C(C(=O)C2CCCCC2)C2CCc3ccccc3N2)CC1. The molecule has 2 atom stereocenters. The van der Waals surface area contributed by atoms with E-state index in [-0.39, 0.29) is 35.5 Å². The molecule has 3 aliphatic rings. The van der Waals surface area contributed by atoms with E-state index in [0.717, 1.165) is 70.1 Å². The van der Waals surface area contributed by atoms with Crippen LogP contribution in [-0.4, -0.2) is 41.6 Å². The quantitative estimate of drug-likeness (QED) is 0.563. The zero-order chi connectivity index (χ0) is 23.5. The molecule has 2 aliphatic heterocycles. The van der Waals surface area contributed by atoms with Crippen LogP contribution in [0.3, 0.4) is 0 Å². The third-order valence-corrected chi connectivity index (χ3v) is 8.19. The number of hydrogen-bond acceptors (Lipinski definition) is 4. The van der Waals surface area contributed by atoms with E-state index in [9.17, 15) is 14.0 Å². The van der Waals surface area contributed by atoms with Crippen LogP contribution in [0, 0.1) is 17.7 Å². The van der Waals surface area contributed by atoms with E-state index in [2.05, 4.69) is 34.5 Å². The first-order valence-electron chi connectivity index (χ1n) is 13.0. The summed E-state index contributed by atoms with van der Waals surface area (Å²) in [7, 11) is 0. The number of halogens is 1. The molecular formula is C29H35FN2O2. The molecule has 180 valence electrons. The number of para-hydroxylation sites is 1. The zero-order valence-electron chi connectivity index (χ0n) is 19.8. The van der Waals surface area contributed by atoms with Crippen molar-refractivity contribution in [2.24, 2.45) is 11.8 Å². The molecule has 2 aromatic carbocycles. The molecule has 0 spiro atoms. The van der Waals surface area contributed by atoms with Crippen LogP contribution in [0.4, 0.5) is 10.1 Å². The number of ketones is 2. The standard InChI is InChI=1S/C29H35FN2O2/c30-24-13-10-22(11-14-24)28(33)23-16-18-32(19-17-23)27(29(34)21-7-2-1-3-8-21)26-15-12-20-6-4-5-9-25(20)31-26/h4-6,9-11,13-14,21,23,26-27,31H,1-3,7-8,12,15-19H2. The first kappa shape index (κ1) is 23.2. The van der Waals surface area contributed by atoms with Crippen LogP contribution >= 0.6 is 0 Å². The summed E-state index contributed by atoms with van der Waals surface area (Å²) in [4.78, 5) is 29.2. The van der Waals surface area contributed by atoms with Crippen LogP contribution in [-0.2, 0) is 11.2 Å². The lowest BCUT2D eigenvalue weighted by molar-refractivity contribution is -0.130. The summed E-state index contributed by atoms with van der Waals surface area (Å²) >= 11 is 0. The van der Waals surface area contributed by atoms with Crippen molar-refractivity contribution in [3.05, 3.63) is 65.5 Å². The molecular weight excluding hydrogens is 427 g/mol. The van der Waals surface area contributed by atoms with E-state index in [4.69, 9.17) is 0 Å². The molecule has 1 saturated carbocycles. The third-order valence-electron chi connectivity index (χ3n) is 8.19. The normalized spacial score (nSPS) is 23.0. The number of carbonyl (C=O) groups excluding carboxylic acids is 2. The fourth-order valence-corrected chi connectivity index (χ4v) is 6.25. The first-order chi connectivity index (χ1) is 16.6. The minimum atomic E-state index is -0.322. The van der Waals surface area contributed by atoms with E-state index < -0.39 is 0 Å². The van der Waals surface area contributed by atoms with Gasteiger partial charge < -0.3 is 5.32 Å². The fourth-order valence-electron chi connectivity index (χ4n) is 6.25. The zero-order valence-corrected chi connectivity index (χ0v) is 19.8. The van der Waals surface area contributed by atoms with Crippen molar-refractivity contribution in [2.75, 3.05) is 18.4 Å². The van der Waals surface area contributed by atoms with Crippen LogP contribution in [0.25, 0.3) is 0 Å². The van der Waals surface area contributed by atoms with E-state index in [1.807, 2.05) is 0 Å². The molecule has 1 N–H and O–H groups in total. The number of aryl methyl sites for hydroxylation is 1. The number of nitrogens with one attached hydrogen (secondary N) is 1. The lowest BCUT2D eigenvalue weighted by Crippen LogP contribution is -2.57. The van der Waals surface area contributed by atoms with Gasteiger partial charge in [-0.1, -0.05) is 37.5 Å². The second-order valence-electron chi connectivity index (χ2n) is 10.3. The van der Waals surface area contributed by atoms with Gasteiger partial charge in [0.15, 0.2) is 11.6 Å². The summed E-state index contributed by atoms with van der Waals surface area (Å²) < 4.78 is 13.3. The Morgan fingerprint density at radius 3 is 2.29 bits per heavy atom. The van der Waals surface area contributed by atoms with Crippen LogP contribution in [0.5, 0.6) is 0 Å². The molecule has 1 saturated heterocycles. The van der Waals surface area contributed by atoms with Crippen molar-refractivity contribution in [1.29, 1.82) is 0 Å². The molecule has 0 amide bonds. The maximum absolute atomic E-state index is 13.9. The molecule has 1 aliphatic carbocycles. The Morgan fingerprint density at radius 1 is 0.853 bits per heavy atom. The molecule has 2 fully saturated rings. The molecule has 2 unspecified atom stereocenters. The molecule has 0 aromatic heterocycles. The number of anilines is 1. The monoisotopic (exact) mass is 462 g/mol. The van der Waals surface area contributed by atoms with Gasteiger partial charge in [-0.3, -0.25) is 14.5 Å². The number of fused-ring (bicyclic) bond motifs is 1. The highest BCUT2D eigenvalue weighted by Gasteiger charge is 2.40. The number of hydrogen-bond donors (Lipinski definition) is 1. The van der Waals surface area contributed by atoms with Gasteiger partial charge in [0.1, 0.15) is 5.82 Å². The van der Waals surface area contributed by atoms with Crippen LogP contribution in [0.15, 0.2) is 48.5 Å². The van der Waals surface area contributed by atoms with Crippen LogP contribution < -0.4 is 5.32 Å². The van der Waals surface area contributed by atoms with Gasteiger partial charge in [-0.15, -0.1) is 0 Å². The number of Topliss-reactive ketones (excluding diaryl/α,β-unsaturated/α-hetero) is 2. The lowest BCUT2D eigenvalue weighted by Gasteiger charge is -2.43. The first-order valence-corrected chi connectivity index (χ1v) is 13.0. The van der Waals surface area contributed by atoms with Crippen molar-refractivity contribution < 1.29 is 14.0 Å². The maximum atomic E-state index is 13.9. The highest BCUT2D eigenvalue weighted by Crippen LogP contribution is 2.34. The second kappa shape index (κ2) is 10.4. The average Bonchev–Trinajstić information content (AvgIpc) is 2.89. The molecule has 2 aromatic rings. The molecule has 5 heteroatoms. The number of carbonyl (C=O) groups is 2.